The second-order valence-corrected chi connectivity index (χ2v) is 5.90. The van der Waals surface area contributed by atoms with E-state index in [0.29, 0.717) is 18.0 Å². The van der Waals surface area contributed by atoms with E-state index in [1.807, 2.05) is 37.3 Å². The van der Waals surface area contributed by atoms with Crippen LogP contribution in [0.15, 0.2) is 52.9 Å². The Bertz CT molecular complexity index is 931. The molecule has 0 saturated carbocycles. The third kappa shape index (κ3) is 3.51. The lowest BCUT2D eigenvalue weighted by Gasteiger charge is -2.12. The molecular weight excluding hydrogens is 334 g/mol. The number of furan rings is 1. The van der Waals surface area contributed by atoms with Crippen molar-refractivity contribution in [2.45, 2.75) is 19.9 Å². The molecule has 0 aliphatic carbocycles. The van der Waals surface area contributed by atoms with Crippen LogP contribution in [0, 0.1) is 10.1 Å². The van der Waals surface area contributed by atoms with E-state index >= 15 is 0 Å². The van der Waals surface area contributed by atoms with E-state index in [1.165, 1.54) is 6.07 Å². The van der Waals surface area contributed by atoms with Gasteiger partial charge in [-0.25, -0.2) is 0 Å². The first-order valence-corrected chi connectivity index (χ1v) is 8.31. The Morgan fingerprint density at radius 3 is 2.69 bits per heavy atom. The van der Waals surface area contributed by atoms with Crippen molar-refractivity contribution >= 4 is 28.3 Å². The number of amides is 1. The molecule has 134 valence electrons. The van der Waals surface area contributed by atoms with Gasteiger partial charge in [-0.05, 0) is 38.1 Å². The molecule has 1 atom stereocenters. The van der Waals surface area contributed by atoms with Gasteiger partial charge in [0.15, 0.2) is 0 Å². The van der Waals surface area contributed by atoms with Crippen LogP contribution in [0.1, 0.15) is 36.0 Å². The summed E-state index contributed by atoms with van der Waals surface area (Å²) in [6.45, 7) is 4.20. The largest absolute Gasteiger partial charge is 0.459 e. The number of fused-ring (bicyclic) bond motifs is 1. The molecule has 1 heterocycles. The summed E-state index contributed by atoms with van der Waals surface area (Å²) in [5.41, 5.74) is 1.23. The van der Waals surface area contributed by atoms with E-state index in [-0.39, 0.29) is 17.3 Å². The van der Waals surface area contributed by atoms with Crippen LogP contribution < -0.4 is 10.6 Å². The second kappa shape index (κ2) is 7.26. The highest BCUT2D eigenvalue weighted by Gasteiger charge is 2.20. The zero-order chi connectivity index (χ0) is 18.7. The van der Waals surface area contributed by atoms with Crippen LogP contribution in [0.3, 0.4) is 0 Å². The lowest BCUT2D eigenvalue weighted by Crippen LogP contribution is -2.26. The third-order valence-electron chi connectivity index (χ3n) is 4.04. The first-order valence-electron chi connectivity index (χ1n) is 8.31. The fraction of sp³-hybridized carbons (Fsp3) is 0.211. The van der Waals surface area contributed by atoms with Gasteiger partial charge in [0, 0.05) is 23.6 Å². The minimum absolute atomic E-state index is 0.129. The van der Waals surface area contributed by atoms with Crippen molar-refractivity contribution in [3.63, 3.8) is 0 Å². The number of hydrogen-bond donors (Lipinski definition) is 2. The van der Waals surface area contributed by atoms with Crippen LogP contribution in [0.25, 0.3) is 11.0 Å². The van der Waals surface area contributed by atoms with Crippen molar-refractivity contribution in [1.29, 1.82) is 0 Å². The monoisotopic (exact) mass is 353 g/mol. The molecule has 3 aromatic rings. The number of nitro groups is 1. The van der Waals surface area contributed by atoms with Crippen LogP contribution in [0.4, 0.5) is 11.4 Å². The van der Waals surface area contributed by atoms with Gasteiger partial charge in [-0.15, -0.1) is 0 Å². The van der Waals surface area contributed by atoms with Crippen LogP contribution in [-0.4, -0.2) is 17.4 Å². The Hall–Kier alpha value is -3.35. The van der Waals surface area contributed by atoms with Gasteiger partial charge in [0.1, 0.15) is 17.0 Å². The first kappa shape index (κ1) is 17.5. The standard InChI is InChI=1S/C19H19N3O4/c1-3-20-15-9-8-14(10-16(15)22(24)25)19(23)21-12(2)18-11-13-6-4-5-7-17(13)26-18/h4-12,20H,3H2,1-2H3,(H,21,23). The van der Waals surface area contributed by atoms with E-state index in [0.717, 1.165) is 11.0 Å². The van der Waals surface area contributed by atoms with E-state index in [2.05, 4.69) is 10.6 Å². The lowest BCUT2D eigenvalue weighted by molar-refractivity contribution is -0.384. The van der Waals surface area contributed by atoms with Gasteiger partial charge in [-0.1, -0.05) is 18.2 Å². The van der Waals surface area contributed by atoms with Crippen LogP contribution >= 0.6 is 0 Å². The molecular formula is C19H19N3O4. The van der Waals surface area contributed by atoms with E-state index in [1.54, 1.807) is 19.1 Å². The predicted octanol–water partition coefficient (Wildman–Crippen LogP) is 4.26. The summed E-state index contributed by atoms with van der Waals surface area (Å²) in [6, 6.07) is 13.5. The second-order valence-electron chi connectivity index (χ2n) is 5.90. The Morgan fingerprint density at radius 2 is 2.00 bits per heavy atom. The average molecular weight is 353 g/mol. The summed E-state index contributed by atoms with van der Waals surface area (Å²) in [4.78, 5) is 23.2. The average Bonchev–Trinajstić information content (AvgIpc) is 3.06. The van der Waals surface area contributed by atoms with Crippen LogP contribution in [-0.2, 0) is 0 Å². The molecule has 1 unspecified atom stereocenters. The minimum Gasteiger partial charge on any atom is -0.459 e. The Labute approximate surface area is 150 Å². The van der Waals surface area contributed by atoms with Crippen molar-refractivity contribution in [2.24, 2.45) is 0 Å². The number of nitrogens with zero attached hydrogens (tertiary/aromatic N) is 1. The molecule has 26 heavy (non-hydrogen) atoms. The Kier molecular flexibility index (Phi) is 4.88. The van der Waals surface area contributed by atoms with Gasteiger partial charge in [-0.2, -0.15) is 0 Å². The van der Waals surface area contributed by atoms with Crippen molar-refractivity contribution in [1.82, 2.24) is 5.32 Å². The van der Waals surface area contributed by atoms with Crippen molar-refractivity contribution in [3.8, 4) is 0 Å². The van der Waals surface area contributed by atoms with Crippen LogP contribution in [0.2, 0.25) is 0 Å². The quantitative estimate of drug-likeness (QED) is 0.509. The number of para-hydroxylation sites is 1. The zero-order valence-electron chi connectivity index (χ0n) is 14.5. The number of hydrogen-bond acceptors (Lipinski definition) is 5. The molecule has 0 aliphatic heterocycles. The smallest absolute Gasteiger partial charge is 0.293 e. The Morgan fingerprint density at radius 1 is 1.23 bits per heavy atom. The van der Waals surface area contributed by atoms with E-state index in [4.69, 9.17) is 4.42 Å². The summed E-state index contributed by atoms with van der Waals surface area (Å²) in [7, 11) is 0. The number of benzene rings is 2. The number of anilines is 1. The minimum atomic E-state index is -0.503. The molecule has 0 radical (unpaired) electrons. The summed E-state index contributed by atoms with van der Waals surface area (Å²) < 4.78 is 5.75. The van der Waals surface area contributed by atoms with Gasteiger partial charge in [0.2, 0.25) is 0 Å². The normalized spacial score (nSPS) is 11.9. The SMILES string of the molecule is CCNc1ccc(C(=O)NC(C)c2cc3ccccc3o2)cc1[N+](=O)[O-]. The van der Waals surface area contributed by atoms with Gasteiger partial charge < -0.3 is 15.1 Å². The number of nitro benzene ring substituents is 1. The van der Waals surface area contributed by atoms with Crippen LogP contribution in [0.5, 0.6) is 0 Å². The van der Waals surface area contributed by atoms with Gasteiger partial charge in [0.05, 0.1) is 11.0 Å². The van der Waals surface area contributed by atoms with E-state index in [9.17, 15) is 14.9 Å². The molecule has 0 saturated heterocycles. The first-order chi connectivity index (χ1) is 12.5. The molecule has 2 N–H and O–H groups in total. The molecule has 3 rings (SSSR count). The van der Waals surface area contributed by atoms with Crippen molar-refractivity contribution < 1.29 is 14.1 Å². The van der Waals surface area contributed by atoms with Crippen molar-refractivity contribution in [3.05, 3.63) is 70.0 Å². The maximum Gasteiger partial charge on any atom is 0.293 e. The topological polar surface area (TPSA) is 97.4 Å². The van der Waals surface area contributed by atoms with E-state index < -0.39 is 10.8 Å². The summed E-state index contributed by atoms with van der Waals surface area (Å²) in [5, 5.41) is 17.9. The maximum atomic E-state index is 12.5. The highest BCUT2D eigenvalue weighted by Crippen LogP contribution is 2.27. The fourth-order valence-corrected chi connectivity index (χ4v) is 2.73. The zero-order valence-corrected chi connectivity index (χ0v) is 14.5. The van der Waals surface area contributed by atoms with Crippen molar-refractivity contribution in [2.75, 3.05) is 11.9 Å². The highest BCUT2D eigenvalue weighted by molar-refractivity contribution is 5.96. The third-order valence-corrected chi connectivity index (χ3v) is 4.04. The Balaban J connectivity index is 1.80. The molecule has 7 heteroatoms. The molecule has 0 aliphatic rings. The van der Waals surface area contributed by atoms with Gasteiger partial charge in [0.25, 0.3) is 11.6 Å². The fourth-order valence-electron chi connectivity index (χ4n) is 2.73. The number of carbonyl (C=O) groups excluding carboxylic acids is 1. The highest BCUT2D eigenvalue weighted by atomic mass is 16.6. The maximum absolute atomic E-state index is 12.5. The summed E-state index contributed by atoms with van der Waals surface area (Å²) >= 11 is 0. The molecule has 0 bridgehead atoms. The lowest BCUT2D eigenvalue weighted by atomic mass is 10.1. The van der Waals surface area contributed by atoms with Gasteiger partial charge in [-0.3, -0.25) is 14.9 Å². The molecule has 1 aromatic heterocycles. The number of carbonyl (C=O) groups is 1. The predicted molar refractivity (Wildman–Crippen MR) is 99.4 cm³/mol. The van der Waals surface area contributed by atoms with Gasteiger partial charge >= 0.3 is 0 Å². The molecule has 2 aromatic carbocycles. The molecule has 0 fully saturated rings. The summed E-state index contributed by atoms with van der Waals surface area (Å²) in [5.74, 6) is 0.224. The molecule has 0 spiro atoms. The number of rotatable bonds is 6. The molecule has 7 nitrogen and oxygen atoms in total. The summed E-state index contributed by atoms with van der Waals surface area (Å²) in [6.07, 6.45) is 0. The number of nitrogens with one attached hydrogen (secondary N) is 2. The molecule has 1 amide bonds.